The highest BCUT2D eigenvalue weighted by molar-refractivity contribution is 7.12. The number of aliphatic carboxylic acids is 1. The van der Waals surface area contributed by atoms with Gasteiger partial charge in [-0.3, -0.25) is 9.59 Å². The molecule has 1 aromatic carbocycles. The fourth-order valence-corrected chi connectivity index (χ4v) is 2.39. The Morgan fingerprint density at radius 1 is 1.08 bits per heavy atom. The van der Waals surface area contributed by atoms with Crippen molar-refractivity contribution < 1.29 is 29.0 Å². The molecule has 0 atom stereocenters. The molecule has 0 aliphatic carbocycles. The molecule has 128 valence electrons. The molecular weight excluding hydrogens is 346 g/mol. The monoisotopic (exact) mass is 359 g/mol. The first-order valence-electron chi connectivity index (χ1n) is 7.01. The standard InChI is InChI=1S/C17H13NO6S/c19-13(14-2-1-9-25-14)10-24-17(23)11-3-5-12(6-4-11)18-15(20)7-8-16(21)22/h1-9H,10H2,(H,18,20)(H,21,22)/b8-7+. The van der Waals surface area contributed by atoms with Crippen LogP contribution in [0.1, 0.15) is 20.0 Å². The summed E-state index contributed by atoms with van der Waals surface area (Å²) in [6.07, 6.45) is 1.59. The molecule has 0 spiro atoms. The van der Waals surface area contributed by atoms with Gasteiger partial charge in [0.2, 0.25) is 11.7 Å². The van der Waals surface area contributed by atoms with Crippen LogP contribution in [0.2, 0.25) is 0 Å². The van der Waals surface area contributed by atoms with Gasteiger partial charge in [-0.05, 0) is 35.7 Å². The Kier molecular flexibility index (Phi) is 6.19. The van der Waals surface area contributed by atoms with Gasteiger partial charge in [-0.15, -0.1) is 11.3 Å². The molecule has 0 fully saturated rings. The Labute approximate surface area is 146 Å². The molecule has 0 saturated heterocycles. The van der Waals surface area contributed by atoms with Crippen LogP contribution in [0.4, 0.5) is 5.69 Å². The largest absolute Gasteiger partial charge is 0.478 e. The van der Waals surface area contributed by atoms with Crippen LogP contribution in [-0.4, -0.2) is 35.3 Å². The van der Waals surface area contributed by atoms with Crippen LogP contribution in [0.5, 0.6) is 0 Å². The Balaban J connectivity index is 1.88. The van der Waals surface area contributed by atoms with Gasteiger partial charge >= 0.3 is 11.9 Å². The SMILES string of the molecule is O=C(O)/C=C/C(=O)Nc1ccc(C(=O)OCC(=O)c2cccs2)cc1. The van der Waals surface area contributed by atoms with Gasteiger partial charge < -0.3 is 15.2 Å². The summed E-state index contributed by atoms with van der Waals surface area (Å²) in [7, 11) is 0. The van der Waals surface area contributed by atoms with E-state index in [-0.39, 0.29) is 18.0 Å². The Hall–Kier alpha value is -3.26. The van der Waals surface area contributed by atoms with E-state index in [1.807, 2.05) is 0 Å². The zero-order valence-corrected chi connectivity index (χ0v) is 13.6. The summed E-state index contributed by atoms with van der Waals surface area (Å²) < 4.78 is 4.95. The first-order chi connectivity index (χ1) is 12.0. The van der Waals surface area contributed by atoms with Crippen molar-refractivity contribution in [1.29, 1.82) is 0 Å². The van der Waals surface area contributed by atoms with Gasteiger partial charge in [0, 0.05) is 17.8 Å². The third kappa shape index (κ3) is 5.70. The van der Waals surface area contributed by atoms with Gasteiger partial charge in [-0.2, -0.15) is 0 Å². The lowest BCUT2D eigenvalue weighted by atomic mass is 10.2. The number of hydrogen-bond donors (Lipinski definition) is 2. The molecular formula is C17H13NO6S. The van der Waals surface area contributed by atoms with E-state index < -0.39 is 17.8 Å². The van der Waals surface area contributed by atoms with Crippen LogP contribution in [0.3, 0.4) is 0 Å². The lowest BCUT2D eigenvalue weighted by Gasteiger charge is -2.05. The number of carbonyl (C=O) groups is 4. The molecule has 0 bridgehead atoms. The fourth-order valence-electron chi connectivity index (χ4n) is 1.74. The molecule has 8 heteroatoms. The van der Waals surface area contributed by atoms with Crippen LogP contribution in [0.25, 0.3) is 0 Å². The number of nitrogens with one attached hydrogen (secondary N) is 1. The van der Waals surface area contributed by atoms with Crippen molar-refractivity contribution >= 4 is 40.7 Å². The number of anilines is 1. The number of benzene rings is 1. The van der Waals surface area contributed by atoms with E-state index in [1.165, 1.54) is 35.6 Å². The van der Waals surface area contributed by atoms with Crippen LogP contribution < -0.4 is 5.32 Å². The lowest BCUT2D eigenvalue weighted by Crippen LogP contribution is -2.13. The van der Waals surface area contributed by atoms with E-state index in [9.17, 15) is 19.2 Å². The summed E-state index contributed by atoms with van der Waals surface area (Å²) in [5.41, 5.74) is 0.601. The van der Waals surface area contributed by atoms with Crippen LogP contribution >= 0.6 is 11.3 Å². The van der Waals surface area contributed by atoms with Crippen molar-refractivity contribution in [2.75, 3.05) is 11.9 Å². The van der Waals surface area contributed by atoms with Gasteiger partial charge in [-0.25, -0.2) is 9.59 Å². The number of amides is 1. The van der Waals surface area contributed by atoms with Crippen molar-refractivity contribution in [2.45, 2.75) is 0 Å². The molecule has 2 rings (SSSR count). The minimum Gasteiger partial charge on any atom is -0.478 e. The van der Waals surface area contributed by atoms with E-state index in [2.05, 4.69) is 5.32 Å². The smallest absolute Gasteiger partial charge is 0.338 e. The maximum atomic E-state index is 11.9. The van der Waals surface area contributed by atoms with Gasteiger partial charge in [-0.1, -0.05) is 6.07 Å². The first kappa shape index (κ1) is 18.1. The minimum absolute atomic E-state index is 0.220. The second kappa shape index (κ2) is 8.55. The number of ketones is 1. The molecule has 25 heavy (non-hydrogen) atoms. The van der Waals surface area contributed by atoms with Crippen molar-refractivity contribution in [3.63, 3.8) is 0 Å². The third-order valence-corrected chi connectivity index (χ3v) is 3.81. The molecule has 1 heterocycles. The zero-order valence-electron chi connectivity index (χ0n) is 12.8. The van der Waals surface area contributed by atoms with E-state index >= 15 is 0 Å². The number of carbonyl (C=O) groups excluding carboxylic acids is 3. The molecule has 0 unspecified atom stereocenters. The first-order valence-corrected chi connectivity index (χ1v) is 7.89. The topological polar surface area (TPSA) is 110 Å². The molecule has 0 aliphatic rings. The van der Waals surface area contributed by atoms with Crippen molar-refractivity contribution in [2.24, 2.45) is 0 Å². The van der Waals surface area contributed by atoms with Gasteiger partial charge in [0.05, 0.1) is 10.4 Å². The predicted molar refractivity (Wildman–Crippen MR) is 90.8 cm³/mol. The Morgan fingerprint density at radius 3 is 2.40 bits per heavy atom. The average molecular weight is 359 g/mol. The highest BCUT2D eigenvalue weighted by atomic mass is 32.1. The maximum absolute atomic E-state index is 11.9. The van der Waals surface area contributed by atoms with Crippen molar-refractivity contribution in [1.82, 2.24) is 0 Å². The lowest BCUT2D eigenvalue weighted by molar-refractivity contribution is -0.131. The summed E-state index contributed by atoms with van der Waals surface area (Å²) >= 11 is 1.27. The Bertz CT molecular complexity index is 808. The highest BCUT2D eigenvalue weighted by Crippen LogP contribution is 2.12. The number of carboxylic acids is 1. The van der Waals surface area contributed by atoms with E-state index in [1.54, 1.807) is 17.5 Å². The molecule has 2 aromatic rings. The van der Waals surface area contributed by atoms with E-state index in [0.717, 1.165) is 6.08 Å². The van der Waals surface area contributed by atoms with Gasteiger partial charge in [0.25, 0.3) is 0 Å². The highest BCUT2D eigenvalue weighted by Gasteiger charge is 2.12. The molecule has 1 amide bonds. The molecule has 0 saturated carbocycles. The molecule has 7 nitrogen and oxygen atoms in total. The van der Waals surface area contributed by atoms with E-state index in [0.29, 0.717) is 16.6 Å². The number of thiophene rings is 1. The summed E-state index contributed by atoms with van der Waals surface area (Å²) in [6, 6.07) is 9.16. The second-order valence-electron chi connectivity index (χ2n) is 4.71. The van der Waals surface area contributed by atoms with Crippen molar-refractivity contribution in [3.05, 3.63) is 64.4 Å². The summed E-state index contributed by atoms with van der Waals surface area (Å²) in [6.45, 7) is -0.349. The number of carboxylic acid groups (broad SMARTS) is 1. The number of hydrogen-bond acceptors (Lipinski definition) is 6. The number of esters is 1. The van der Waals surface area contributed by atoms with E-state index in [4.69, 9.17) is 9.84 Å². The van der Waals surface area contributed by atoms with Crippen LogP contribution in [0.15, 0.2) is 53.9 Å². The molecule has 0 radical (unpaired) electrons. The average Bonchev–Trinajstić information content (AvgIpc) is 3.13. The summed E-state index contributed by atoms with van der Waals surface area (Å²) in [5, 5.41) is 12.6. The summed E-state index contributed by atoms with van der Waals surface area (Å²) in [5.74, 6) is -2.78. The maximum Gasteiger partial charge on any atom is 0.338 e. The summed E-state index contributed by atoms with van der Waals surface area (Å²) in [4.78, 5) is 45.9. The van der Waals surface area contributed by atoms with Crippen LogP contribution in [-0.2, 0) is 14.3 Å². The second-order valence-corrected chi connectivity index (χ2v) is 5.66. The third-order valence-electron chi connectivity index (χ3n) is 2.90. The number of ether oxygens (including phenoxy) is 1. The van der Waals surface area contributed by atoms with Gasteiger partial charge in [0.15, 0.2) is 6.61 Å². The molecule has 2 N–H and O–H groups in total. The van der Waals surface area contributed by atoms with Crippen LogP contribution in [0, 0.1) is 0 Å². The predicted octanol–water partition coefficient (Wildman–Crippen LogP) is 2.37. The normalized spacial score (nSPS) is 10.4. The Morgan fingerprint density at radius 2 is 1.80 bits per heavy atom. The quantitative estimate of drug-likeness (QED) is 0.446. The van der Waals surface area contributed by atoms with Crippen molar-refractivity contribution in [3.8, 4) is 0 Å². The minimum atomic E-state index is -1.23. The van der Waals surface area contributed by atoms with Gasteiger partial charge in [0.1, 0.15) is 0 Å². The fraction of sp³-hybridized carbons (Fsp3) is 0.0588. The molecule has 1 aromatic heterocycles. The molecule has 0 aliphatic heterocycles. The number of Topliss-reactive ketones (excluding diaryl/α,β-unsaturated/α-hetero) is 1. The zero-order chi connectivity index (χ0) is 18.2. The number of rotatable bonds is 7.